The number of guanidine groups is 1. The van der Waals surface area contributed by atoms with Gasteiger partial charge < -0.3 is 20.4 Å². The van der Waals surface area contributed by atoms with Gasteiger partial charge in [-0.1, -0.05) is 35.9 Å². The van der Waals surface area contributed by atoms with Crippen molar-refractivity contribution in [2.75, 3.05) is 41.3 Å². The molecule has 1 unspecified atom stereocenters. The van der Waals surface area contributed by atoms with Crippen LogP contribution in [0.1, 0.15) is 34.5 Å². The molecule has 0 fully saturated rings. The van der Waals surface area contributed by atoms with Gasteiger partial charge in [-0.25, -0.2) is 4.99 Å². The Balaban J connectivity index is 0.00000480. The topological polar surface area (TPSA) is 60.0 Å². The van der Waals surface area contributed by atoms with Crippen LogP contribution in [0.15, 0.2) is 53.5 Å². The SMILES string of the molecule is CCNC(=NCc1ccc(C(=O)N(C)C)cc1)NCC(c1ccc(Cl)cc1)N(C)C.I. The molecule has 0 saturated carbocycles. The fourth-order valence-electron chi connectivity index (χ4n) is 3.00. The Labute approximate surface area is 208 Å². The van der Waals surface area contributed by atoms with Gasteiger partial charge in [0, 0.05) is 37.8 Å². The minimum atomic E-state index is -0.00279. The van der Waals surface area contributed by atoms with E-state index in [0.29, 0.717) is 18.7 Å². The molecule has 0 spiro atoms. The van der Waals surface area contributed by atoms with Gasteiger partial charge in [0.1, 0.15) is 0 Å². The third-order valence-electron chi connectivity index (χ3n) is 4.71. The van der Waals surface area contributed by atoms with Crippen molar-refractivity contribution >= 4 is 47.4 Å². The van der Waals surface area contributed by atoms with Crippen LogP contribution in [0, 0.1) is 0 Å². The zero-order valence-electron chi connectivity index (χ0n) is 18.9. The monoisotopic (exact) mass is 557 g/mol. The number of carbonyl (C=O) groups is 1. The Hall–Kier alpha value is -1.84. The summed E-state index contributed by atoms with van der Waals surface area (Å²) in [4.78, 5) is 20.4. The summed E-state index contributed by atoms with van der Waals surface area (Å²) in [6.07, 6.45) is 0. The first kappa shape index (κ1) is 27.2. The second-order valence-electron chi connectivity index (χ2n) is 7.50. The normalized spacial score (nSPS) is 12.2. The van der Waals surface area contributed by atoms with Gasteiger partial charge in [0.15, 0.2) is 5.96 Å². The molecular formula is C23H33ClIN5O. The molecule has 8 heteroatoms. The number of benzene rings is 2. The van der Waals surface area contributed by atoms with Crippen LogP contribution < -0.4 is 10.6 Å². The van der Waals surface area contributed by atoms with Crippen LogP contribution in [0.4, 0.5) is 0 Å². The molecule has 2 aromatic rings. The lowest BCUT2D eigenvalue weighted by atomic mass is 10.1. The summed E-state index contributed by atoms with van der Waals surface area (Å²) in [5.41, 5.74) is 2.91. The summed E-state index contributed by atoms with van der Waals surface area (Å²) >= 11 is 6.03. The van der Waals surface area contributed by atoms with E-state index in [0.717, 1.165) is 23.1 Å². The van der Waals surface area contributed by atoms with Crippen LogP contribution in [0.3, 0.4) is 0 Å². The average molecular weight is 558 g/mol. The molecule has 31 heavy (non-hydrogen) atoms. The third kappa shape index (κ3) is 8.66. The molecule has 2 aromatic carbocycles. The highest BCUT2D eigenvalue weighted by molar-refractivity contribution is 14.0. The average Bonchev–Trinajstić information content (AvgIpc) is 2.72. The van der Waals surface area contributed by atoms with Crippen molar-refractivity contribution in [1.82, 2.24) is 20.4 Å². The smallest absolute Gasteiger partial charge is 0.253 e. The quantitative estimate of drug-likeness (QED) is 0.293. The second-order valence-corrected chi connectivity index (χ2v) is 7.94. The summed E-state index contributed by atoms with van der Waals surface area (Å²) in [5.74, 6) is 0.753. The van der Waals surface area contributed by atoms with E-state index >= 15 is 0 Å². The maximum atomic E-state index is 12.0. The number of halogens is 2. The molecule has 170 valence electrons. The first-order valence-electron chi connectivity index (χ1n) is 10.1. The van der Waals surface area contributed by atoms with Crippen LogP contribution >= 0.6 is 35.6 Å². The molecule has 1 amide bonds. The van der Waals surface area contributed by atoms with Crippen LogP contribution in [-0.4, -0.2) is 62.9 Å². The van der Waals surface area contributed by atoms with Gasteiger partial charge in [0.2, 0.25) is 0 Å². The van der Waals surface area contributed by atoms with E-state index in [1.807, 2.05) is 43.3 Å². The Morgan fingerprint density at radius 1 is 1.00 bits per heavy atom. The summed E-state index contributed by atoms with van der Waals surface area (Å²) in [6, 6.07) is 15.7. The first-order valence-corrected chi connectivity index (χ1v) is 10.4. The molecular weight excluding hydrogens is 525 g/mol. The number of likely N-dealkylation sites (N-methyl/N-ethyl adjacent to an activating group) is 1. The fourth-order valence-corrected chi connectivity index (χ4v) is 3.13. The predicted molar refractivity (Wildman–Crippen MR) is 141 cm³/mol. The number of aliphatic imine (C=N–C) groups is 1. The maximum Gasteiger partial charge on any atom is 0.253 e. The van der Waals surface area contributed by atoms with Crippen molar-refractivity contribution in [3.8, 4) is 0 Å². The molecule has 0 aliphatic rings. The summed E-state index contributed by atoms with van der Waals surface area (Å²) < 4.78 is 0. The van der Waals surface area contributed by atoms with Gasteiger partial charge in [-0.15, -0.1) is 24.0 Å². The van der Waals surface area contributed by atoms with E-state index in [1.165, 1.54) is 5.56 Å². The number of hydrogen-bond acceptors (Lipinski definition) is 3. The van der Waals surface area contributed by atoms with Gasteiger partial charge in [0.05, 0.1) is 12.6 Å². The minimum absolute atomic E-state index is 0. The van der Waals surface area contributed by atoms with Crippen LogP contribution in [0.2, 0.25) is 5.02 Å². The largest absolute Gasteiger partial charge is 0.357 e. The predicted octanol–water partition coefficient (Wildman–Crippen LogP) is 4.02. The number of hydrogen-bond donors (Lipinski definition) is 2. The highest BCUT2D eigenvalue weighted by Crippen LogP contribution is 2.19. The van der Waals surface area contributed by atoms with Crippen molar-refractivity contribution < 1.29 is 4.79 Å². The minimum Gasteiger partial charge on any atom is -0.357 e. The summed E-state index contributed by atoms with van der Waals surface area (Å²) in [6.45, 7) is 4.05. The van der Waals surface area contributed by atoms with Crippen molar-refractivity contribution in [3.05, 3.63) is 70.2 Å². The van der Waals surface area contributed by atoms with Crippen LogP contribution in [0.25, 0.3) is 0 Å². The van der Waals surface area contributed by atoms with E-state index in [1.54, 1.807) is 19.0 Å². The van der Waals surface area contributed by atoms with E-state index in [-0.39, 0.29) is 35.9 Å². The van der Waals surface area contributed by atoms with Gasteiger partial charge >= 0.3 is 0 Å². The molecule has 0 saturated heterocycles. The molecule has 0 aliphatic carbocycles. The van der Waals surface area contributed by atoms with Crippen molar-refractivity contribution in [2.24, 2.45) is 4.99 Å². The Bertz CT molecular complexity index is 838. The maximum absolute atomic E-state index is 12.0. The molecule has 2 N–H and O–H groups in total. The van der Waals surface area contributed by atoms with Gasteiger partial charge in [-0.3, -0.25) is 4.79 Å². The molecule has 0 heterocycles. The van der Waals surface area contributed by atoms with Crippen molar-refractivity contribution in [1.29, 1.82) is 0 Å². The molecule has 0 bridgehead atoms. The number of nitrogens with zero attached hydrogens (tertiary/aromatic N) is 3. The first-order chi connectivity index (χ1) is 14.3. The molecule has 1 atom stereocenters. The van der Waals surface area contributed by atoms with Crippen molar-refractivity contribution in [3.63, 3.8) is 0 Å². The third-order valence-corrected chi connectivity index (χ3v) is 4.96. The Morgan fingerprint density at radius 3 is 2.13 bits per heavy atom. The standard InChI is InChI=1S/C23H32ClN5O.HI/c1-6-25-23(26-15-17-7-9-19(10-8-17)22(30)29(4)5)27-16-21(28(2)3)18-11-13-20(24)14-12-18;/h7-14,21H,6,15-16H2,1-5H3,(H2,25,26,27);1H. The van der Waals surface area contributed by atoms with Gasteiger partial charge in [-0.05, 0) is 56.4 Å². The highest BCUT2D eigenvalue weighted by Gasteiger charge is 2.14. The second kappa shape index (κ2) is 13.5. The Morgan fingerprint density at radius 2 is 1.61 bits per heavy atom. The highest BCUT2D eigenvalue weighted by atomic mass is 127. The molecule has 0 aliphatic heterocycles. The summed E-state index contributed by atoms with van der Waals surface area (Å²) in [5, 5.41) is 7.46. The molecule has 0 radical (unpaired) electrons. The Kier molecular flexibility index (Phi) is 11.9. The lowest BCUT2D eigenvalue weighted by Crippen LogP contribution is -2.41. The summed E-state index contributed by atoms with van der Waals surface area (Å²) in [7, 11) is 7.61. The molecule has 0 aromatic heterocycles. The van der Waals surface area contributed by atoms with E-state index < -0.39 is 0 Å². The zero-order valence-corrected chi connectivity index (χ0v) is 21.9. The van der Waals surface area contributed by atoms with E-state index in [4.69, 9.17) is 16.6 Å². The number of nitrogens with one attached hydrogen (secondary N) is 2. The number of rotatable bonds is 8. The van der Waals surface area contributed by atoms with Gasteiger partial charge in [0.25, 0.3) is 5.91 Å². The number of amides is 1. The van der Waals surface area contributed by atoms with E-state index in [2.05, 4.69) is 41.8 Å². The van der Waals surface area contributed by atoms with Crippen LogP contribution in [-0.2, 0) is 6.54 Å². The van der Waals surface area contributed by atoms with Gasteiger partial charge in [-0.2, -0.15) is 0 Å². The van der Waals surface area contributed by atoms with Crippen molar-refractivity contribution in [2.45, 2.75) is 19.5 Å². The lowest BCUT2D eigenvalue weighted by molar-refractivity contribution is 0.0827. The van der Waals surface area contributed by atoms with Crippen LogP contribution in [0.5, 0.6) is 0 Å². The fraction of sp³-hybridized carbons (Fsp3) is 0.391. The van der Waals surface area contributed by atoms with E-state index in [9.17, 15) is 4.79 Å². The number of carbonyl (C=O) groups excluding carboxylic acids is 1. The molecule has 6 nitrogen and oxygen atoms in total. The molecule has 2 rings (SSSR count). The zero-order chi connectivity index (χ0) is 22.1. The lowest BCUT2D eigenvalue weighted by Gasteiger charge is -2.26.